The maximum Gasteiger partial charge on any atom is 0.328 e. The van der Waals surface area contributed by atoms with Crippen molar-refractivity contribution in [3.05, 3.63) is 65.2 Å². The van der Waals surface area contributed by atoms with Gasteiger partial charge in [-0.2, -0.15) is 0 Å². The predicted octanol–water partition coefficient (Wildman–Crippen LogP) is 4.22. The first kappa shape index (κ1) is 22.1. The Bertz CT molecular complexity index is 944. The van der Waals surface area contributed by atoms with Crippen molar-refractivity contribution >= 4 is 41.0 Å². The van der Waals surface area contributed by atoms with Crippen LogP contribution in [0.5, 0.6) is 5.75 Å². The Balaban J connectivity index is 2.10. The van der Waals surface area contributed by atoms with E-state index in [4.69, 9.17) is 22.1 Å². The molecule has 0 heterocycles. The lowest BCUT2D eigenvalue weighted by molar-refractivity contribution is -0.131. The number of hydrogen-bond donors (Lipinski definition) is 3. The van der Waals surface area contributed by atoms with E-state index in [0.29, 0.717) is 22.6 Å². The van der Waals surface area contributed by atoms with Gasteiger partial charge in [-0.05, 0) is 59.1 Å². The molecule has 29 heavy (non-hydrogen) atoms. The summed E-state index contributed by atoms with van der Waals surface area (Å²) < 4.78 is 5.29. The number of nitrogens with one attached hydrogen (secondary N) is 2. The zero-order valence-corrected chi connectivity index (χ0v) is 17.6. The van der Waals surface area contributed by atoms with Crippen LogP contribution in [-0.2, 0) is 10.2 Å². The normalized spacial score (nSPS) is 11.2. The average molecular weight is 413 g/mol. The van der Waals surface area contributed by atoms with Gasteiger partial charge < -0.3 is 15.2 Å². The summed E-state index contributed by atoms with van der Waals surface area (Å²) in [7, 11) is 1.51. The molecule has 152 valence electrons. The molecule has 7 heteroatoms. The molecular weight excluding hydrogens is 388 g/mol. The van der Waals surface area contributed by atoms with Gasteiger partial charge in [-0.15, -0.1) is 0 Å². The van der Waals surface area contributed by atoms with Crippen molar-refractivity contribution in [3.63, 3.8) is 0 Å². The molecule has 0 saturated heterocycles. The maximum atomic E-state index is 12.5. The Morgan fingerprint density at radius 3 is 2.31 bits per heavy atom. The SMILES string of the molecule is COc1ccc(/C=C/C(=O)O)cc1NC(=S)NC(=O)c1ccc(C(C)(C)C)cc1. The summed E-state index contributed by atoms with van der Waals surface area (Å²) in [6, 6.07) is 12.4. The molecule has 1 amide bonds. The first-order valence-corrected chi connectivity index (χ1v) is 9.33. The highest BCUT2D eigenvalue weighted by atomic mass is 32.1. The molecule has 0 spiro atoms. The lowest BCUT2D eigenvalue weighted by atomic mass is 9.87. The molecule has 0 bridgehead atoms. The summed E-state index contributed by atoms with van der Waals surface area (Å²) in [6.45, 7) is 6.32. The fraction of sp³-hybridized carbons (Fsp3) is 0.227. The predicted molar refractivity (Wildman–Crippen MR) is 118 cm³/mol. The standard InChI is InChI=1S/C22H24N2O4S/c1-22(2,3)16-9-7-15(8-10-16)20(27)24-21(29)23-17-13-14(6-12-19(25)26)5-11-18(17)28-4/h5-13H,1-4H3,(H,25,26)(H2,23,24,27,29)/b12-6+. The summed E-state index contributed by atoms with van der Waals surface area (Å²) >= 11 is 5.24. The number of amides is 1. The van der Waals surface area contributed by atoms with Crippen molar-refractivity contribution in [1.29, 1.82) is 0 Å². The van der Waals surface area contributed by atoms with E-state index < -0.39 is 5.97 Å². The van der Waals surface area contributed by atoms with Crippen LogP contribution in [0.25, 0.3) is 6.08 Å². The topological polar surface area (TPSA) is 87.7 Å². The third kappa shape index (κ3) is 6.43. The van der Waals surface area contributed by atoms with Gasteiger partial charge in [-0.25, -0.2) is 4.79 Å². The minimum Gasteiger partial charge on any atom is -0.495 e. The van der Waals surface area contributed by atoms with E-state index in [9.17, 15) is 9.59 Å². The number of anilines is 1. The second kappa shape index (κ2) is 9.34. The number of carbonyl (C=O) groups is 2. The Labute approximate surface area is 175 Å². The fourth-order valence-corrected chi connectivity index (χ4v) is 2.75. The van der Waals surface area contributed by atoms with Gasteiger partial charge in [0.2, 0.25) is 0 Å². The van der Waals surface area contributed by atoms with Gasteiger partial charge >= 0.3 is 5.97 Å². The van der Waals surface area contributed by atoms with E-state index in [0.717, 1.165) is 11.6 Å². The molecule has 0 saturated carbocycles. The molecule has 0 fully saturated rings. The van der Waals surface area contributed by atoms with Gasteiger partial charge in [-0.3, -0.25) is 10.1 Å². The van der Waals surface area contributed by atoms with Crippen molar-refractivity contribution in [2.24, 2.45) is 0 Å². The first-order chi connectivity index (χ1) is 13.6. The Morgan fingerprint density at radius 2 is 1.76 bits per heavy atom. The van der Waals surface area contributed by atoms with E-state index in [1.807, 2.05) is 12.1 Å². The van der Waals surface area contributed by atoms with Crippen molar-refractivity contribution < 1.29 is 19.4 Å². The number of thiocarbonyl (C=S) groups is 1. The van der Waals surface area contributed by atoms with Crippen molar-refractivity contribution in [2.45, 2.75) is 26.2 Å². The Hall–Kier alpha value is -3.19. The molecule has 0 aliphatic rings. The van der Waals surface area contributed by atoms with Crippen molar-refractivity contribution in [3.8, 4) is 5.75 Å². The number of aliphatic carboxylic acids is 1. The van der Waals surface area contributed by atoms with E-state index in [1.54, 1.807) is 30.3 Å². The van der Waals surface area contributed by atoms with Crippen LogP contribution in [0.3, 0.4) is 0 Å². The van der Waals surface area contributed by atoms with Gasteiger partial charge in [0.1, 0.15) is 5.75 Å². The number of ether oxygens (including phenoxy) is 1. The number of carboxylic acid groups (broad SMARTS) is 1. The molecule has 2 rings (SSSR count). The molecular formula is C22H24N2O4S. The highest BCUT2D eigenvalue weighted by molar-refractivity contribution is 7.80. The van der Waals surface area contributed by atoms with Crippen LogP contribution in [-0.4, -0.2) is 29.2 Å². The molecule has 0 aliphatic carbocycles. The van der Waals surface area contributed by atoms with Crippen LogP contribution < -0.4 is 15.4 Å². The maximum absolute atomic E-state index is 12.5. The monoisotopic (exact) mass is 412 g/mol. The summed E-state index contributed by atoms with van der Waals surface area (Å²) in [5, 5.41) is 14.4. The smallest absolute Gasteiger partial charge is 0.328 e. The highest BCUT2D eigenvalue weighted by Crippen LogP contribution is 2.26. The van der Waals surface area contributed by atoms with Gasteiger partial charge in [0, 0.05) is 11.6 Å². The van der Waals surface area contributed by atoms with Crippen molar-refractivity contribution in [2.75, 3.05) is 12.4 Å². The molecule has 6 nitrogen and oxygen atoms in total. The summed E-state index contributed by atoms with van der Waals surface area (Å²) in [5.74, 6) is -0.872. The molecule has 2 aromatic carbocycles. The van der Waals surface area contributed by atoms with E-state index in [2.05, 4.69) is 31.4 Å². The molecule has 0 aliphatic heterocycles. The van der Waals surface area contributed by atoms with E-state index in [-0.39, 0.29) is 16.4 Å². The first-order valence-electron chi connectivity index (χ1n) is 8.92. The van der Waals surface area contributed by atoms with Crippen molar-refractivity contribution in [1.82, 2.24) is 5.32 Å². The molecule has 3 N–H and O–H groups in total. The minimum absolute atomic E-state index is 0.00250. The van der Waals surface area contributed by atoms with Crippen LogP contribution in [0.2, 0.25) is 0 Å². The van der Waals surface area contributed by atoms with Crippen LogP contribution in [0.15, 0.2) is 48.5 Å². The molecule has 0 radical (unpaired) electrons. The van der Waals surface area contributed by atoms with Crippen LogP contribution >= 0.6 is 12.2 Å². The number of carbonyl (C=O) groups excluding carboxylic acids is 1. The number of rotatable bonds is 5. The van der Waals surface area contributed by atoms with Gasteiger partial charge in [0.25, 0.3) is 5.91 Å². The molecule has 2 aromatic rings. The molecule has 0 aromatic heterocycles. The number of benzene rings is 2. The summed E-state index contributed by atoms with van der Waals surface area (Å²) in [4.78, 5) is 23.2. The Kier molecular flexibility index (Phi) is 7.12. The second-order valence-corrected chi connectivity index (χ2v) is 7.78. The van der Waals surface area contributed by atoms with Crippen LogP contribution in [0, 0.1) is 0 Å². The second-order valence-electron chi connectivity index (χ2n) is 7.37. The number of carboxylic acids is 1. The summed E-state index contributed by atoms with van der Waals surface area (Å²) in [5.41, 5.74) is 2.77. The average Bonchev–Trinajstić information content (AvgIpc) is 2.65. The van der Waals surface area contributed by atoms with E-state index >= 15 is 0 Å². The lowest BCUT2D eigenvalue weighted by Gasteiger charge is -2.19. The largest absolute Gasteiger partial charge is 0.495 e. The number of hydrogen-bond acceptors (Lipinski definition) is 4. The number of methoxy groups -OCH3 is 1. The van der Waals surface area contributed by atoms with Gasteiger partial charge in [0.05, 0.1) is 12.8 Å². The quantitative estimate of drug-likeness (QED) is 0.504. The van der Waals surface area contributed by atoms with Gasteiger partial charge in [0.15, 0.2) is 5.11 Å². The van der Waals surface area contributed by atoms with Gasteiger partial charge in [-0.1, -0.05) is 39.0 Å². The highest BCUT2D eigenvalue weighted by Gasteiger charge is 2.15. The zero-order chi connectivity index (χ0) is 21.6. The summed E-state index contributed by atoms with van der Waals surface area (Å²) in [6.07, 6.45) is 2.48. The minimum atomic E-state index is -1.05. The lowest BCUT2D eigenvalue weighted by Crippen LogP contribution is -2.34. The zero-order valence-electron chi connectivity index (χ0n) is 16.8. The van der Waals surface area contributed by atoms with E-state index in [1.165, 1.54) is 13.2 Å². The fourth-order valence-electron chi connectivity index (χ4n) is 2.54. The van der Waals surface area contributed by atoms with Crippen LogP contribution in [0.1, 0.15) is 42.3 Å². The Morgan fingerprint density at radius 1 is 1.10 bits per heavy atom. The molecule has 0 unspecified atom stereocenters. The molecule has 0 atom stereocenters. The van der Waals surface area contributed by atoms with Crippen LogP contribution in [0.4, 0.5) is 5.69 Å². The third-order valence-electron chi connectivity index (χ3n) is 4.13. The third-order valence-corrected chi connectivity index (χ3v) is 4.33.